The Labute approximate surface area is 143 Å². The molecule has 1 N–H and O–H groups in total. The van der Waals surface area contributed by atoms with Gasteiger partial charge in [0.1, 0.15) is 0 Å². The lowest BCUT2D eigenvalue weighted by atomic mass is 10.1. The van der Waals surface area contributed by atoms with Gasteiger partial charge in [-0.05, 0) is 50.2 Å². The highest BCUT2D eigenvalue weighted by Gasteiger charge is 2.15. The summed E-state index contributed by atoms with van der Waals surface area (Å²) in [5.41, 5.74) is 1.21. The highest BCUT2D eigenvalue weighted by molar-refractivity contribution is 8.00. The fourth-order valence-electron chi connectivity index (χ4n) is 1.94. The summed E-state index contributed by atoms with van der Waals surface area (Å²) in [5, 5.41) is 13.0. The number of carbonyl (C=O) groups is 2. The third-order valence-electron chi connectivity index (χ3n) is 3.29. The number of benzene rings is 2. The van der Waals surface area contributed by atoms with Crippen molar-refractivity contribution in [1.82, 2.24) is 0 Å². The summed E-state index contributed by atoms with van der Waals surface area (Å²) in [6.07, 6.45) is 0. The number of amides is 1. The van der Waals surface area contributed by atoms with E-state index in [1.165, 1.54) is 30.8 Å². The smallest absolute Gasteiger partial charge is 0.269 e. The molecule has 124 valence electrons. The van der Waals surface area contributed by atoms with Crippen molar-refractivity contribution in [2.75, 3.05) is 5.32 Å². The number of Topliss-reactive ketones (excluding diaryl/α,β-unsaturated/α-hetero) is 1. The average Bonchev–Trinajstić information content (AvgIpc) is 2.55. The summed E-state index contributed by atoms with van der Waals surface area (Å²) in [7, 11) is 0. The first-order valence-electron chi connectivity index (χ1n) is 7.20. The molecule has 0 bridgehead atoms. The zero-order valence-corrected chi connectivity index (χ0v) is 14.0. The van der Waals surface area contributed by atoms with Crippen molar-refractivity contribution in [3.05, 3.63) is 64.2 Å². The van der Waals surface area contributed by atoms with Gasteiger partial charge in [0, 0.05) is 28.3 Å². The number of rotatable bonds is 6. The number of nitrogens with zero attached hydrogens (tertiary/aromatic N) is 1. The Morgan fingerprint density at radius 1 is 1.08 bits per heavy atom. The molecule has 0 spiro atoms. The highest BCUT2D eigenvalue weighted by Crippen LogP contribution is 2.26. The molecule has 2 aromatic carbocycles. The molecular formula is C17H16N2O4S. The molecule has 0 fully saturated rings. The normalized spacial score (nSPS) is 11.6. The number of nitrogens with one attached hydrogen (secondary N) is 1. The van der Waals surface area contributed by atoms with Gasteiger partial charge in [-0.25, -0.2) is 0 Å². The molecule has 1 atom stereocenters. The van der Waals surface area contributed by atoms with Crippen molar-refractivity contribution in [3.63, 3.8) is 0 Å². The largest absolute Gasteiger partial charge is 0.325 e. The second-order valence-electron chi connectivity index (χ2n) is 5.13. The standard InChI is InChI=1S/C17H16N2O4S/c1-11(20)13-3-5-14(6-4-13)18-17(21)12(2)24-16-9-7-15(8-10-16)19(22)23/h3-10,12H,1-2H3,(H,18,21)/t12-/m0/s1. The lowest BCUT2D eigenvalue weighted by Gasteiger charge is -2.12. The number of hydrogen-bond acceptors (Lipinski definition) is 5. The van der Waals surface area contributed by atoms with Gasteiger partial charge in [-0.3, -0.25) is 19.7 Å². The van der Waals surface area contributed by atoms with Gasteiger partial charge in [-0.15, -0.1) is 11.8 Å². The van der Waals surface area contributed by atoms with Crippen LogP contribution in [0.2, 0.25) is 0 Å². The average molecular weight is 344 g/mol. The lowest BCUT2D eigenvalue weighted by molar-refractivity contribution is -0.384. The third-order valence-corrected chi connectivity index (χ3v) is 4.40. The van der Waals surface area contributed by atoms with Gasteiger partial charge in [0.05, 0.1) is 10.2 Å². The van der Waals surface area contributed by atoms with Crippen molar-refractivity contribution < 1.29 is 14.5 Å². The van der Waals surface area contributed by atoms with E-state index in [9.17, 15) is 19.7 Å². The molecule has 2 aromatic rings. The lowest BCUT2D eigenvalue weighted by Crippen LogP contribution is -2.22. The van der Waals surface area contributed by atoms with E-state index in [2.05, 4.69) is 5.32 Å². The molecule has 0 saturated heterocycles. The van der Waals surface area contributed by atoms with Crippen LogP contribution < -0.4 is 5.32 Å². The molecule has 0 radical (unpaired) electrons. The highest BCUT2D eigenvalue weighted by atomic mass is 32.2. The van der Waals surface area contributed by atoms with Gasteiger partial charge in [0.2, 0.25) is 5.91 Å². The number of nitro benzene ring substituents is 1. The minimum atomic E-state index is -0.463. The number of ketones is 1. The quantitative estimate of drug-likeness (QED) is 0.371. The van der Waals surface area contributed by atoms with Crippen LogP contribution in [-0.2, 0) is 4.79 Å². The van der Waals surface area contributed by atoms with E-state index in [-0.39, 0.29) is 22.6 Å². The van der Waals surface area contributed by atoms with Crippen molar-refractivity contribution in [1.29, 1.82) is 0 Å². The van der Waals surface area contributed by atoms with Crippen LogP contribution in [0.25, 0.3) is 0 Å². The van der Waals surface area contributed by atoms with E-state index < -0.39 is 4.92 Å². The first-order valence-corrected chi connectivity index (χ1v) is 8.08. The molecule has 2 rings (SSSR count). The minimum Gasteiger partial charge on any atom is -0.325 e. The van der Waals surface area contributed by atoms with Crippen LogP contribution in [0.15, 0.2) is 53.4 Å². The van der Waals surface area contributed by atoms with Crippen molar-refractivity contribution >= 4 is 34.8 Å². The molecule has 6 nitrogen and oxygen atoms in total. The molecule has 0 saturated carbocycles. The van der Waals surface area contributed by atoms with Crippen LogP contribution in [0.5, 0.6) is 0 Å². The molecule has 0 aliphatic rings. The van der Waals surface area contributed by atoms with E-state index in [1.807, 2.05) is 0 Å². The molecule has 0 unspecified atom stereocenters. The first-order chi connectivity index (χ1) is 11.4. The summed E-state index contributed by atoms with van der Waals surface area (Å²) in [6, 6.07) is 12.7. The molecule has 1 amide bonds. The van der Waals surface area contributed by atoms with Crippen molar-refractivity contribution in [3.8, 4) is 0 Å². The van der Waals surface area contributed by atoms with Crippen LogP contribution >= 0.6 is 11.8 Å². The number of anilines is 1. The first kappa shape index (κ1) is 17.7. The molecule has 0 aliphatic carbocycles. The van der Waals surface area contributed by atoms with Gasteiger partial charge < -0.3 is 5.32 Å². The Hall–Kier alpha value is -2.67. The Morgan fingerprint density at radius 3 is 2.17 bits per heavy atom. The predicted octanol–water partition coefficient (Wildman–Crippen LogP) is 3.92. The van der Waals surface area contributed by atoms with Crippen LogP contribution in [0.3, 0.4) is 0 Å². The summed E-state index contributed by atoms with van der Waals surface area (Å²) in [5.74, 6) is -0.219. The van der Waals surface area contributed by atoms with E-state index in [0.29, 0.717) is 11.3 Å². The third kappa shape index (κ3) is 4.66. The maximum Gasteiger partial charge on any atom is 0.269 e. The Morgan fingerprint density at radius 2 is 1.67 bits per heavy atom. The predicted molar refractivity (Wildman–Crippen MR) is 93.5 cm³/mol. The fourth-order valence-corrected chi connectivity index (χ4v) is 2.80. The second-order valence-corrected chi connectivity index (χ2v) is 6.55. The van der Waals surface area contributed by atoms with E-state index >= 15 is 0 Å². The molecular weight excluding hydrogens is 328 g/mol. The van der Waals surface area contributed by atoms with Crippen molar-refractivity contribution in [2.24, 2.45) is 0 Å². The Bertz CT molecular complexity index is 757. The maximum atomic E-state index is 12.2. The van der Waals surface area contributed by atoms with E-state index in [1.54, 1.807) is 43.3 Å². The molecule has 0 aliphatic heterocycles. The minimum absolute atomic E-state index is 0.0158. The van der Waals surface area contributed by atoms with Gasteiger partial charge in [0.25, 0.3) is 5.69 Å². The van der Waals surface area contributed by atoms with Gasteiger partial charge in [-0.1, -0.05) is 0 Å². The molecule has 0 aromatic heterocycles. The van der Waals surface area contributed by atoms with Crippen LogP contribution in [0.1, 0.15) is 24.2 Å². The van der Waals surface area contributed by atoms with Crippen LogP contribution in [0, 0.1) is 10.1 Å². The van der Waals surface area contributed by atoms with Crippen LogP contribution in [0.4, 0.5) is 11.4 Å². The molecule has 0 heterocycles. The van der Waals surface area contributed by atoms with Gasteiger partial charge in [-0.2, -0.15) is 0 Å². The summed E-state index contributed by atoms with van der Waals surface area (Å²) >= 11 is 1.31. The Balaban J connectivity index is 1.96. The van der Waals surface area contributed by atoms with Gasteiger partial charge in [0.15, 0.2) is 5.78 Å². The van der Waals surface area contributed by atoms with Crippen molar-refractivity contribution in [2.45, 2.75) is 24.0 Å². The van der Waals surface area contributed by atoms with Gasteiger partial charge >= 0.3 is 0 Å². The Kier molecular flexibility index (Phi) is 5.70. The maximum absolute atomic E-state index is 12.2. The number of nitro groups is 1. The van der Waals surface area contributed by atoms with Crippen LogP contribution in [-0.4, -0.2) is 21.9 Å². The van der Waals surface area contributed by atoms with E-state index in [0.717, 1.165) is 4.90 Å². The molecule has 24 heavy (non-hydrogen) atoms. The summed E-state index contributed by atoms with van der Waals surface area (Å²) in [6.45, 7) is 3.24. The topological polar surface area (TPSA) is 89.3 Å². The number of non-ortho nitro benzene ring substituents is 1. The molecule has 7 heteroatoms. The zero-order valence-electron chi connectivity index (χ0n) is 13.2. The fraction of sp³-hybridized carbons (Fsp3) is 0.176. The number of thioether (sulfide) groups is 1. The van der Waals surface area contributed by atoms with E-state index in [4.69, 9.17) is 0 Å². The zero-order chi connectivity index (χ0) is 17.7. The monoisotopic (exact) mass is 344 g/mol. The summed E-state index contributed by atoms with van der Waals surface area (Å²) in [4.78, 5) is 34.4. The summed E-state index contributed by atoms with van der Waals surface area (Å²) < 4.78 is 0. The number of carbonyl (C=O) groups excluding carboxylic acids is 2. The number of hydrogen-bond donors (Lipinski definition) is 1. The SMILES string of the molecule is CC(=O)c1ccc(NC(=O)[C@H](C)Sc2ccc([N+](=O)[O-])cc2)cc1. The second kappa shape index (κ2) is 7.74.